The van der Waals surface area contributed by atoms with Crippen LogP contribution in [0.3, 0.4) is 0 Å². The maximum Gasteiger partial charge on any atom is 0.174 e. The molecule has 0 unspecified atom stereocenters. The van der Waals surface area contributed by atoms with Gasteiger partial charge in [-0.25, -0.2) is 0 Å². The minimum atomic E-state index is 0.302. The second kappa shape index (κ2) is 10.0. The summed E-state index contributed by atoms with van der Waals surface area (Å²) in [6.45, 7) is 9.21. The fourth-order valence-electron chi connectivity index (χ4n) is 1.93. The van der Waals surface area contributed by atoms with Crippen LogP contribution in [-0.4, -0.2) is 33.0 Å². The van der Waals surface area contributed by atoms with Crippen LogP contribution in [0.2, 0.25) is 0 Å². The lowest BCUT2D eigenvalue weighted by Gasteiger charge is -2.14. The molecule has 0 atom stereocenters. The Morgan fingerprint density at radius 3 is 2.67 bits per heavy atom. The van der Waals surface area contributed by atoms with Crippen molar-refractivity contribution in [1.29, 1.82) is 0 Å². The summed E-state index contributed by atoms with van der Waals surface area (Å²) in [4.78, 5) is 0. The van der Waals surface area contributed by atoms with Gasteiger partial charge in [-0.05, 0) is 67.4 Å². The first kappa shape index (κ1) is 18.3. The highest BCUT2D eigenvalue weighted by atomic mass is 79.9. The Hall–Kier alpha value is -0.780. The molecule has 0 aromatic heterocycles. The molecular weight excluding hydrogens is 334 g/mol. The summed E-state index contributed by atoms with van der Waals surface area (Å²) in [6, 6.07) is 4.07. The molecule has 1 N–H and O–H groups in total. The van der Waals surface area contributed by atoms with Gasteiger partial charge in [0, 0.05) is 13.2 Å². The van der Waals surface area contributed by atoms with Crippen LogP contribution in [0, 0.1) is 0 Å². The predicted molar refractivity (Wildman–Crippen MR) is 89.3 cm³/mol. The maximum absolute atomic E-state index is 5.62. The van der Waals surface area contributed by atoms with Gasteiger partial charge >= 0.3 is 0 Å². The molecule has 0 spiro atoms. The summed E-state index contributed by atoms with van der Waals surface area (Å²) in [5.41, 5.74) is 1.16. The monoisotopic (exact) mass is 359 g/mol. The Kier molecular flexibility index (Phi) is 8.73. The van der Waals surface area contributed by atoms with E-state index in [1.54, 1.807) is 7.11 Å². The van der Waals surface area contributed by atoms with Gasteiger partial charge in [0.25, 0.3) is 0 Å². The zero-order valence-electron chi connectivity index (χ0n) is 13.4. The minimum Gasteiger partial charge on any atom is -0.492 e. The van der Waals surface area contributed by atoms with E-state index in [2.05, 4.69) is 41.2 Å². The van der Waals surface area contributed by atoms with Crippen molar-refractivity contribution in [3.05, 3.63) is 22.2 Å². The van der Waals surface area contributed by atoms with Crippen LogP contribution < -0.4 is 14.8 Å². The molecular formula is C16H26BrNO3. The first-order chi connectivity index (χ1) is 10.1. The third-order valence-corrected chi connectivity index (χ3v) is 3.44. The van der Waals surface area contributed by atoms with E-state index in [1.165, 1.54) is 0 Å². The Morgan fingerprint density at radius 2 is 2.05 bits per heavy atom. The van der Waals surface area contributed by atoms with Crippen molar-refractivity contribution < 1.29 is 14.2 Å². The van der Waals surface area contributed by atoms with Crippen LogP contribution in [0.15, 0.2) is 16.6 Å². The van der Waals surface area contributed by atoms with Gasteiger partial charge in [-0.15, -0.1) is 0 Å². The van der Waals surface area contributed by atoms with E-state index in [9.17, 15) is 0 Å². The van der Waals surface area contributed by atoms with Gasteiger partial charge in [0.15, 0.2) is 11.5 Å². The zero-order chi connectivity index (χ0) is 15.7. The van der Waals surface area contributed by atoms with E-state index in [4.69, 9.17) is 14.2 Å². The molecule has 0 bridgehead atoms. The van der Waals surface area contributed by atoms with Crippen LogP contribution >= 0.6 is 15.9 Å². The summed E-state index contributed by atoms with van der Waals surface area (Å²) in [7, 11) is 1.65. The van der Waals surface area contributed by atoms with E-state index < -0.39 is 0 Å². The van der Waals surface area contributed by atoms with Gasteiger partial charge in [-0.2, -0.15) is 0 Å². The van der Waals surface area contributed by atoms with E-state index in [1.807, 2.05) is 13.0 Å². The average molecular weight is 360 g/mol. The van der Waals surface area contributed by atoms with Crippen molar-refractivity contribution in [2.45, 2.75) is 39.8 Å². The number of hydrogen-bond acceptors (Lipinski definition) is 4. The lowest BCUT2D eigenvalue weighted by atomic mass is 10.2. The third kappa shape index (κ3) is 6.68. The van der Waals surface area contributed by atoms with Crippen LogP contribution in [0.1, 0.15) is 32.8 Å². The molecule has 1 aromatic carbocycles. The number of ether oxygens (including phenoxy) is 3. The van der Waals surface area contributed by atoms with Gasteiger partial charge in [0.2, 0.25) is 0 Å². The normalized spacial score (nSPS) is 11.0. The van der Waals surface area contributed by atoms with Crippen molar-refractivity contribution in [3.8, 4) is 11.5 Å². The first-order valence-corrected chi connectivity index (χ1v) is 8.19. The standard InChI is InChI=1S/C16H26BrNO3/c1-5-20-15-10-13(9-14(17)16(15)19-4)11-18-7-6-8-21-12(2)3/h9-10,12,18H,5-8,11H2,1-4H3. The van der Waals surface area contributed by atoms with Crippen molar-refractivity contribution >= 4 is 15.9 Å². The number of benzene rings is 1. The highest BCUT2D eigenvalue weighted by molar-refractivity contribution is 9.10. The summed E-state index contributed by atoms with van der Waals surface area (Å²) in [5.74, 6) is 1.51. The van der Waals surface area contributed by atoms with E-state index in [0.717, 1.165) is 47.7 Å². The van der Waals surface area contributed by atoms with Crippen LogP contribution in [-0.2, 0) is 11.3 Å². The van der Waals surface area contributed by atoms with E-state index in [0.29, 0.717) is 12.7 Å². The Morgan fingerprint density at radius 1 is 1.29 bits per heavy atom. The lowest BCUT2D eigenvalue weighted by Crippen LogP contribution is -2.17. The molecule has 21 heavy (non-hydrogen) atoms. The van der Waals surface area contributed by atoms with E-state index in [-0.39, 0.29) is 0 Å². The van der Waals surface area contributed by atoms with E-state index >= 15 is 0 Å². The van der Waals surface area contributed by atoms with Crippen LogP contribution in [0.25, 0.3) is 0 Å². The molecule has 0 heterocycles. The summed E-state index contributed by atoms with van der Waals surface area (Å²) < 4.78 is 17.4. The molecule has 0 saturated carbocycles. The maximum atomic E-state index is 5.62. The second-order valence-corrected chi connectivity index (χ2v) is 5.85. The Bertz CT molecular complexity index is 424. The van der Waals surface area contributed by atoms with Gasteiger partial charge in [-0.3, -0.25) is 0 Å². The number of nitrogens with one attached hydrogen (secondary N) is 1. The second-order valence-electron chi connectivity index (χ2n) is 4.99. The van der Waals surface area contributed by atoms with Crippen molar-refractivity contribution in [2.75, 3.05) is 26.9 Å². The van der Waals surface area contributed by atoms with Crippen LogP contribution in [0.4, 0.5) is 0 Å². The first-order valence-electron chi connectivity index (χ1n) is 7.40. The molecule has 1 aromatic rings. The topological polar surface area (TPSA) is 39.7 Å². The number of halogens is 1. The molecule has 120 valence electrons. The Balaban J connectivity index is 2.48. The highest BCUT2D eigenvalue weighted by Gasteiger charge is 2.10. The quantitative estimate of drug-likeness (QED) is 0.645. The molecule has 0 radical (unpaired) electrons. The molecule has 0 amide bonds. The molecule has 0 aliphatic rings. The molecule has 1 rings (SSSR count). The fraction of sp³-hybridized carbons (Fsp3) is 0.625. The molecule has 0 aliphatic carbocycles. The largest absolute Gasteiger partial charge is 0.492 e. The van der Waals surface area contributed by atoms with Gasteiger partial charge in [0.1, 0.15) is 0 Å². The Labute approximate surface area is 136 Å². The van der Waals surface area contributed by atoms with Gasteiger partial charge < -0.3 is 19.5 Å². The fourth-order valence-corrected chi connectivity index (χ4v) is 2.58. The molecule has 0 saturated heterocycles. The molecule has 5 heteroatoms. The van der Waals surface area contributed by atoms with Crippen LogP contribution in [0.5, 0.6) is 11.5 Å². The summed E-state index contributed by atoms with van der Waals surface area (Å²) >= 11 is 3.53. The predicted octanol–water partition coefficient (Wildman–Crippen LogP) is 3.76. The zero-order valence-corrected chi connectivity index (χ0v) is 15.0. The lowest BCUT2D eigenvalue weighted by molar-refractivity contribution is 0.0770. The summed E-state index contributed by atoms with van der Waals surface area (Å²) in [6.07, 6.45) is 1.31. The molecule has 4 nitrogen and oxygen atoms in total. The third-order valence-electron chi connectivity index (χ3n) is 2.85. The smallest absolute Gasteiger partial charge is 0.174 e. The average Bonchev–Trinajstić information content (AvgIpc) is 2.42. The molecule has 0 fully saturated rings. The highest BCUT2D eigenvalue weighted by Crippen LogP contribution is 2.36. The van der Waals surface area contributed by atoms with Crippen molar-refractivity contribution in [2.24, 2.45) is 0 Å². The number of methoxy groups -OCH3 is 1. The van der Waals surface area contributed by atoms with Gasteiger partial charge in [-0.1, -0.05) is 0 Å². The summed E-state index contributed by atoms with van der Waals surface area (Å²) in [5, 5.41) is 3.41. The van der Waals surface area contributed by atoms with Crippen molar-refractivity contribution in [3.63, 3.8) is 0 Å². The van der Waals surface area contributed by atoms with Gasteiger partial charge in [0.05, 0.1) is 24.3 Å². The number of rotatable bonds is 10. The molecule has 0 aliphatic heterocycles. The SMILES string of the molecule is CCOc1cc(CNCCCOC(C)C)cc(Br)c1OC. The minimum absolute atomic E-state index is 0.302. The van der Waals surface area contributed by atoms with Crippen molar-refractivity contribution in [1.82, 2.24) is 5.32 Å². The number of hydrogen-bond donors (Lipinski definition) is 1.